The molecule has 19 heavy (non-hydrogen) atoms. The van der Waals surface area contributed by atoms with Gasteiger partial charge in [-0.2, -0.15) is 0 Å². The van der Waals surface area contributed by atoms with Crippen LogP contribution in [0.3, 0.4) is 0 Å². The molecule has 1 nitrogen and oxygen atoms in total. The molecule has 0 saturated carbocycles. The van der Waals surface area contributed by atoms with Crippen LogP contribution in [0.25, 0.3) is 10.1 Å². The Kier molecular flexibility index (Phi) is 3.32. The highest BCUT2D eigenvalue weighted by Crippen LogP contribution is 2.30. The van der Waals surface area contributed by atoms with Crippen LogP contribution in [0.4, 0.5) is 4.39 Å². The molecule has 2 aromatic carbocycles. The summed E-state index contributed by atoms with van der Waals surface area (Å²) in [5.41, 5.74) is 7.47. The van der Waals surface area contributed by atoms with E-state index in [1.54, 1.807) is 17.4 Å². The molecule has 0 spiro atoms. The zero-order chi connectivity index (χ0) is 13.2. The maximum absolute atomic E-state index is 13.2. The Morgan fingerprint density at radius 1 is 1.05 bits per heavy atom. The zero-order valence-electron chi connectivity index (χ0n) is 10.3. The summed E-state index contributed by atoms with van der Waals surface area (Å²) in [5, 5.41) is 0.934. The first-order valence-corrected chi connectivity index (χ1v) is 7.02. The van der Waals surface area contributed by atoms with Gasteiger partial charge in [0.15, 0.2) is 0 Å². The highest BCUT2D eigenvalue weighted by Gasteiger charge is 2.11. The smallest absolute Gasteiger partial charge is 0.123 e. The summed E-state index contributed by atoms with van der Waals surface area (Å²) in [6, 6.07) is 17.0. The van der Waals surface area contributed by atoms with Crippen LogP contribution in [0.1, 0.15) is 16.5 Å². The van der Waals surface area contributed by atoms with E-state index >= 15 is 0 Å². The Morgan fingerprint density at radius 3 is 2.63 bits per heavy atom. The van der Waals surface area contributed by atoms with Crippen LogP contribution in [0.2, 0.25) is 0 Å². The number of nitrogens with two attached hydrogens (primary N) is 1. The van der Waals surface area contributed by atoms with Crippen molar-refractivity contribution in [2.75, 3.05) is 0 Å². The highest BCUT2D eigenvalue weighted by atomic mass is 32.1. The van der Waals surface area contributed by atoms with Crippen molar-refractivity contribution >= 4 is 21.4 Å². The Labute approximate surface area is 115 Å². The Bertz CT molecular complexity index is 690. The summed E-state index contributed by atoms with van der Waals surface area (Å²) in [5.74, 6) is -0.200. The lowest BCUT2D eigenvalue weighted by molar-refractivity contribution is 0.630. The molecule has 2 N–H and O–H groups in total. The van der Waals surface area contributed by atoms with E-state index in [1.165, 1.54) is 11.6 Å². The number of hydrogen-bond acceptors (Lipinski definition) is 2. The van der Waals surface area contributed by atoms with Gasteiger partial charge in [-0.05, 0) is 41.6 Å². The summed E-state index contributed by atoms with van der Waals surface area (Å²) in [7, 11) is 0. The molecule has 1 aromatic heterocycles. The lowest BCUT2D eigenvalue weighted by atomic mass is 10.1. The van der Waals surface area contributed by atoms with E-state index in [0.717, 1.165) is 21.4 Å². The molecule has 96 valence electrons. The van der Waals surface area contributed by atoms with Crippen molar-refractivity contribution in [2.45, 2.75) is 12.5 Å². The van der Waals surface area contributed by atoms with Crippen LogP contribution in [0.15, 0.2) is 54.6 Å². The molecule has 0 radical (unpaired) electrons. The Balaban J connectivity index is 1.87. The van der Waals surface area contributed by atoms with Crippen LogP contribution >= 0.6 is 11.3 Å². The fourth-order valence-corrected chi connectivity index (χ4v) is 3.23. The van der Waals surface area contributed by atoms with Crippen molar-refractivity contribution in [1.29, 1.82) is 0 Å². The van der Waals surface area contributed by atoms with Gasteiger partial charge in [-0.15, -0.1) is 11.3 Å². The summed E-state index contributed by atoms with van der Waals surface area (Å²) in [4.78, 5) is 1.10. The van der Waals surface area contributed by atoms with E-state index in [0.29, 0.717) is 0 Å². The third-order valence-corrected chi connectivity index (χ3v) is 4.41. The molecule has 3 aromatic rings. The van der Waals surface area contributed by atoms with E-state index in [1.807, 2.05) is 30.3 Å². The van der Waals surface area contributed by atoms with Crippen molar-refractivity contribution < 1.29 is 4.39 Å². The number of halogens is 1. The molecule has 0 aliphatic carbocycles. The van der Waals surface area contributed by atoms with Crippen LogP contribution in [-0.2, 0) is 6.42 Å². The second-order valence-electron chi connectivity index (χ2n) is 4.63. The first-order valence-electron chi connectivity index (χ1n) is 6.21. The lowest BCUT2D eigenvalue weighted by Crippen LogP contribution is -2.11. The highest BCUT2D eigenvalue weighted by molar-refractivity contribution is 7.19. The molecular formula is C16H14FNS. The Hall–Kier alpha value is -1.71. The topological polar surface area (TPSA) is 26.0 Å². The minimum Gasteiger partial charge on any atom is -0.323 e. The SMILES string of the molecule is NC(Cc1ccccc1)c1cc2cc(F)ccc2s1. The van der Waals surface area contributed by atoms with Gasteiger partial charge in [0.2, 0.25) is 0 Å². The quantitative estimate of drug-likeness (QED) is 0.756. The third kappa shape index (κ3) is 2.67. The van der Waals surface area contributed by atoms with Crippen molar-refractivity contribution in [3.05, 3.63) is 70.9 Å². The van der Waals surface area contributed by atoms with E-state index in [-0.39, 0.29) is 11.9 Å². The van der Waals surface area contributed by atoms with Crippen LogP contribution in [-0.4, -0.2) is 0 Å². The maximum atomic E-state index is 13.2. The minimum atomic E-state index is -0.200. The first-order chi connectivity index (χ1) is 9.22. The van der Waals surface area contributed by atoms with Crippen LogP contribution < -0.4 is 5.73 Å². The molecule has 3 rings (SSSR count). The second kappa shape index (κ2) is 5.11. The molecule has 0 aliphatic rings. The molecule has 0 fully saturated rings. The molecule has 1 atom stereocenters. The van der Waals surface area contributed by atoms with Crippen molar-refractivity contribution in [3.8, 4) is 0 Å². The first kappa shape index (κ1) is 12.3. The molecule has 0 bridgehead atoms. The van der Waals surface area contributed by atoms with E-state index in [4.69, 9.17) is 5.73 Å². The summed E-state index contributed by atoms with van der Waals surface area (Å²) in [6.07, 6.45) is 0.802. The third-order valence-electron chi connectivity index (χ3n) is 3.16. The van der Waals surface area contributed by atoms with Gasteiger partial charge in [0.1, 0.15) is 5.82 Å². The van der Waals surface area contributed by atoms with Gasteiger partial charge in [-0.1, -0.05) is 30.3 Å². The molecule has 0 saturated heterocycles. The summed E-state index contributed by atoms with van der Waals surface area (Å²) in [6.45, 7) is 0. The van der Waals surface area contributed by atoms with Crippen LogP contribution in [0, 0.1) is 5.82 Å². The fraction of sp³-hybridized carbons (Fsp3) is 0.125. The van der Waals surface area contributed by atoms with E-state index < -0.39 is 0 Å². The number of benzene rings is 2. The standard InChI is InChI=1S/C16H14FNS/c17-13-6-7-15-12(9-13)10-16(19-15)14(18)8-11-4-2-1-3-5-11/h1-7,9-10,14H,8,18H2. The van der Waals surface area contributed by atoms with Crippen molar-refractivity contribution in [1.82, 2.24) is 0 Å². The largest absolute Gasteiger partial charge is 0.323 e. The molecule has 0 aliphatic heterocycles. The van der Waals surface area contributed by atoms with Crippen molar-refractivity contribution in [2.24, 2.45) is 5.73 Å². The molecule has 3 heteroatoms. The predicted octanol–water partition coefficient (Wildman–Crippen LogP) is 4.28. The fourth-order valence-electron chi connectivity index (χ4n) is 2.19. The molecular weight excluding hydrogens is 257 g/mol. The van der Waals surface area contributed by atoms with Gasteiger partial charge in [-0.25, -0.2) is 4.39 Å². The van der Waals surface area contributed by atoms with Gasteiger partial charge >= 0.3 is 0 Å². The van der Waals surface area contributed by atoms with Crippen molar-refractivity contribution in [3.63, 3.8) is 0 Å². The summed E-state index contributed by atoms with van der Waals surface area (Å²) >= 11 is 1.64. The Morgan fingerprint density at radius 2 is 1.84 bits per heavy atom. The molecule has 1 unspecified atom stereocenters. The average Bonchev–Trinajstić information content (AvgIpc) is 2.83. The monoisotopic (exact) mass is 271 g/mol. The van der Waals surface area contributed by atoms with E-state index in [9.17, 15) is 4.39 Å². The minimum absolute atomic E-state index is 0.0390. The number of hydrogen-bond donors (Lipinski definition) is 1. The van der Waals surface area contributed by atoms with Gasteiger partial charge in [0.05, 0.1) is 0 Å². The van der Waals surface area contributed by atoms with Gasteiger partial charge in [0, 0.05) is 15.6 Å². The molecule has 0 amide bonds. The maximum Gasteiger partial charge on any atom is 0.123 e. The van der Waals surface area contributed by atoms with Gasteiger partial charge < -0.3 is 5.73 Å². The normalized spacial score (nSPS) is 12.7. The van der Waals surface area contributed by atoms with Gasteiger partial charge in [0.25, 0.3) is 0 Å². The molecule has 1 heterocycles. The zero-order valence-corrected chi connectivity index (χ0v) is 11.2. The van der Waals surface area contributed by atoms with E-state index in [2.05, 4.69) is 12.1 Å². The average molecular weight is 271 g/mol. The van der Waals surface area contributed by atoms with Crippen LogP contribution in [0.5, 0.6) is 0 Å². The lowest BCUT2D eigenvalue weighted by Gasteiger charge is -2.08. The number of thiophene rings is 1. The number of fused-ring (bicyclic) bond motifs is 1. The number of rotatable bonds is 3. The summed E-state index contributed by atoms with van der Waals surface area (Å²) < 4.78 is 14.3. The van der Waals surface area contributed by atoms with Gasteiger partial charge in [-0.3, -0.25) is 0 Å². The second-order valence-corrected chi connectivity index (χ2v) is 5.74. The predicted molar refractivity (Wildman–Crippen MR) is 78.9 cm³/mol.